The molecule has 2 heterocycles. The summed E-state index contributed by atoms with van der Waals surface area (Å²) in [4.78, 5) is 15.2. The molecule has 0 bridgehead atoms. The Morgan fingerprint density at radius 2 is 2.31 bits per heavy atom. The molecule has 0 saturated heterocycles. The van der Waals surface area contributed by atoms with Gasteiger partial charge in [-0.05, 0) is 28.6 Å². The highest BCUT2D eigenvalue weighted by Gasteiger charge is 2.18. The summed E-state index contributed by atoms with van der Waals surface area (Å²) in [5.41, 5.74) is 7.44. The molecule has 0 amide bonds. The summed E-state index contributed by atoms with van der Waals surface area (Å²) in [6, 6.07) is 4.92. The first-order valence-electron chi connectivity index (χ1n) is 4.66. The predicted octanol–water partition coefficient (Wildman–Crippen LogP) is 1.89. The maximum Gasteiger partial charge on any atom is 0.346 e. The number of nitrogens with zero attached hydrogens (tertiary/aromatic N) is 1. The number of carboxylic acid groups (broad SMARTS) is 1. The van der Waals surface area contributed by atoms with Crippen LogP contribution in [0, 0.1) is 0 Å². The molecule has 2 aromatic heterocycles. The van der Waals surface area contributed by atoms with Crippen LogP contribution in [0.15, 0.2) is 36.0 Å². The maximum atomic E-state index is 11.0. The molecule has 1 unspecified atom stereocenters. The van der Waals surface area contributed by atoms with Crippen LogP contribution in [0.4, 0.5) is 0 Å². The number of pyridine rings is 1. The van der Waals surface area contributed by atoms with Gasteiger partial charge in [-0.3, -0.25) is 4.98 Å². The van der Waals surface area contributed by atoms with Gasteiger partial charge in [0.05, 0.1) is 6.04 Å². The van der Waals surface area contributed by atoms with Crippen LogP contribution >= 0.6 is 11.3 Å². The van der Waals surface area contributed by atoms with Crippen molar-refractivity contribution in [1.29, 1.82) is 0 Å². The van der Waals surface area contributed by atoms with Gasteiger partial charge in [-0.25, -0.2) is 4.79 Å². The Morgan fingerprint density at radius 3 is 2.94 bits per heavy atom. The number of thiophene rings is 1. The average Bonchev–Trinajstić information content (AvgIpc) is 2.78. The van der Waals surface area contributed by atoms with E-state index in [0.717, 1.165) is 5.56 Å². The molecule has 0 aliphatic carbocycles. The standard InChI is InChI=1S/C11H10N2O2S/c12-9(7-2-1-4-13-6-7)8-3-5-16-10(8)11(14)15/h1-6,9H,12H2,(H,14,15). The van der Waals surface area contributed by atoms with Crippen LogP contribution in [0.3, 0.4) is 0 Å². The molecule has 0 saturated carbocycles. The Morgan fingerprint density at radius 1 is 1.50 bits per heavy atom. The average molecular weight is 234 g/mol. The lowest BCUT2D eigenvalue weighted by Gasteiger charge is -2.10. The number of aromatic carboxylic acids is 1. The SMILES string of the molecule is NC(c1cccnc1)c1ccsc1C(=O)O. The lowest BCUT2D eigenvalue weighted by molar-refractivity contribution is 0.0701. The Bertz CT molecular complexity index is 496. The van der Waals surface area contributed by atoms with Gasteiger partial charge in [-0.1, -0.05) is 6.07 Å². The number of aromatic nitrogens is 1. The largest absolute Gasteiger partial charge is 0.477 e. The van der Waals surface area contributed by atoms with E-state index in [1.54, 1.807) is 29.9 Å². The van der Waals surface area contributed by atoms with Gasteiger partial charge in [0.25, 0.3) is 0 Å². The van der Waals surface area contributed by atoms with E-state index in [-0.39, 0.29) is 4.88 Å². The number of rotatable bonds is 3. The van der Waals surface area contributed by atoms with Crippen molar-refractivity contribution in [2.75, 3.05) is 0 Å². The summed E-state index contributed by atoms with van der Waals surface area (Å²) in [6.07, 6.45) is 3.30. The molecule has 0 fully saturated rings. The van der Waals surface area contributed by atoms with Crippen LogP contribution in [0.1, 0.15) is 26.8 Å². The van der Waals surface area contributed by atoms with Gasteiger partial charge in [0.1, 0.15) is 4.88 Å². The minimum Gasteiger partial charge on any atom is -0.477 e. The number of nitrogens with two attached hydrogens (primary N) is 1. The first kappa shape index (κ1) is 10.8. The van der Waals surface area contributed by atoms with E-state index < -0.39 is 12.0 Å². The van der Waals surface area contributed by atoms with E-state index in [1.165, 1.54) is 11.3 Å². The maximum absolute atomic E-state index is 11.0. The molecule has 0 spiro atoms. The van der Waals surface area contributed by atoms with Gasteiger partial charge < -0.3 is 10.8 Å². The second-order valence-corrected chi connectivity index (χ2v) is 4.19. The Balaban J connectivity index is 2.38. The molecule has 0 aliphatic rings. The van der Waals surface area contributed by atoms with Gasteiger partial charge in [-0.2, -0.15) is 0 Å². The van der Waals surface area contributed by atoms with Crippen LogP contribution in [-0.2, 0) is 0 Å². The first-order valence-corrected chi connectivity index (χ1v) is 5.54. The number of hydrogen-bond acceptors (Lipinski definition) is 4. The zero-order valence-electron chi connectivity index (χ0n) is 8.33. The van der Waals surface area contributed by atoms with E-state index in [4.69, 9.17) is 10.8 Å². The van der Waals surface area contributed by atoms with Crippen molar-refractivity contribution in [1.82, 2.24) is 4.98 Å². The minimum atomic E-state index is -0.940. The molecule has 2 rings (SSSR count). The van der Waals surface area contributed by atoms with Gasteiger partial charge >= 0.3 is 5.97 Å². The summed E-state index contributed by atoms with van der Waals surface area (Å²) in [7, 11) is 0. The van der Waals surface area contributed by atoms with Crippen molar-refractivity contribution >= 4 is 17.3 Å². The van der Waals surface area contributed by atoms with Crippen LogP contribution in [0.2, 0.25) is 0 Å². The lowest BCUT2D eigenvalue weighted by Crippen LogP contribution is -2.14. The van der Waals surface area contributed by atoms with Crippen molar-refractivity contribution in [3.05, 3.63) is 52.0 Å². The van der Waals surface area contributed by atoms with Crippen LogP contribution in [0.5, 0.6) is 0 Å². The molecule has 5 heteroatoms. The molecule has 4 nitrogen and oxygen atoms in total. The molecule has 0 aromatic carbocycles. The highest BCUT2D eigenvalue weighted by molar-refractivity contribution is 7.12. The van der Waals surface area contributed by atoms with Gasteiger partial charge in [0, 0.05) is 12.4 Å². The number of carbonyl (C=O) groups is 1. The van der Waals surface area contributed by atoms with Crippen LogP contribution in [0.25, 0.3) is 0 Å². The predicted molar refractivity (Wildman–Crippen MR) is 61.5 cm³/mol. The minimum absolute atomic E-state index is 0.288. The van der Waals surface area contributed by atoms with Gasteiger partial charge in [0.2, 0.25) is 0 Å². The third-order valence-corrected chi connectivity index (χ3v) is 3.19. The second-order valence-electron chi connectivity index (χ2n) is 3.27. The first-order chi connectivity index (χ1) is 7.70. The molecule has 2 aromatic rings. The Labute approximate surface area is 96.4 Å². The van der Waals surface area contributed by atoms with Gasteiger partial charge in [-0.15, -0.1) is 11.3 Å². The second kappa shape index (κ2) is 4.42. The molecular formula is C11H10N2O2S. The molecule has 0 aliphatic heterocycles. The molecule has 3 N–H and O–H groups in total. The summed E-state index contributed by atoms with van der Waals surface area (Å²) in [5.74, 6) is -0.940. The third-order valence-electron chi connectivity index (χ3n) is 2.27. The van der Waals surface area contributed by atoms with Gasteiger partial charge in [0.15, 0.2) is 0 Å². The van der Waals surface area contributed by atoms with Crippen molar-refractivity contribution < 1.29 is 9.90 Å². The fourth-order valence-corrected chi connectivity index (χ4v) is 2.26. The Hall–Kier alpha value is -1.72. The van der Waals surface area contributed by atoms with E-state index in [0.29, 0.717) is 5.56 Å². The van der Waals surface area contributed by atoms with Crippen molar-refractivity contribution in [3.8, 4) is 0 Å². The summed E-state index contributed by atoms with van der Waals surface area (Å²) >= 11 is 1.18. The molecule has 0 radical (unpaired) electrons. The van der Waals surface area contributed by atoms with Crippen molar-refractivity contribution in [2.24, 2.45) is 5.73 Å². The molecular weight excluding hydrogens is 224 g/mol. The highest BCUT2D eigenvalue weighted by atomic mass is 32.1. The summed E-state index contributed by atoms with van der Waals surface area (Å²) < 4.78 is 0. The van der Waals surface area contributed by atoms with E-state index in [2.05, 4.69) is 4.98 Å². The Kier molecular flexibility index (Phi) is 2.98. The van der Waals surface area contributed by atoms with Crippen molar-refractivity contribution in [2.45, 2.75) is 6.04 Å². The highest BCUT2D eigenvalue weighted by Crippen LogP contribution is 2.26. The monoisotopic (exact) mass is 234 g/mol. The van der Waals surface area contributed by atoms with Crippen LogP contribution < -0.4 is 5.73 Å². The lowest BCUT2D eigenvalue weighted by atomic mass is 10.0. The number of carboxylic acids is 1. The summed E-state index contributed by atoms with van der Waals surface area (Å²) in [5, 5.41) is 10.7. The summed E-state index contributed by atoms with van der Waals surface area (Å²) in [6.45, 7) is 0. The fraction of sp³-hybridized carbons (Fsp3) is 0.0909. The van der Waals surface area contributed by atoms with Crippen molar-refractivity contribution in [3.63, 3.8) is 0 Å². The third kappa shape index (κ3) is 1.95. The normalized spacial score (nSPS) is 12.3. The van der Waals surface area contributed by atoms with E-state index in [1.807, 2.05) is 6.07 Å². The molecule has 82 valence electrons. The topological polar surface area (TPSA) is 76.2 Å². The molecule has 1 atom stereocenters. The van der Waals surface area contributed by atoms with E-state index >= 15 is 0 Å². The molecule has 16 heavy (non-hydrogen) atoms. The zero-order chi connectivity index (χ0) is 11.5. The smallest absolute Gasteiger partial charge is 0.346 e. The van der Waals surface area contributed by atoms with E-state index in [9.17, 15) is 4.79 Å². The quantitative estimate of drug-likeness (QED) is 0.850. The number of hydrogen-bond donors (Lipinski definition) is 2. The fourth-order valence-electron chi connectivity index (χ4n) is 1.48. The van der Waals surface area contributed by atoms with Crippen LogP contribution in [-0.4, -0.2) is 16.1 Å². The zero-order valence-corrected chi connectivity index (χ0v) is 9.15.